The normalized spacial score (nSPS) is 10.1. The molecule has 1 aromatic heterocycles. The second-order valence-corrected chi connectivity index (χ2v) is 3.08. The number of nitrogens with zero attached hydrogens (tertiary/aromatic N) is 2. The van der Waals surface area contributed by atoms with Crippen molar-refractivity contribution >= 4 is 6.01 Å². The van der Waals surface area contributed by atoms with Crippen LogP contribution in [-0.4, -0.2) is 29.9 Å². The Bertz CT molecular complexity index is 296. The highest BCUT2D eigenvalue weighted by atomic mass is 16.5. The fourth-order valence-electron chi connectivity index (χ4n) is 0.845. The Morgan fingerprint density at radius 2 is 2.43 bits per heavy atom. The van der Waals surface area contributed by atoms with Crippen LogP contribution in [0.3, 0.4) is 0 Å². The maximum absolute atomic E-state index is 5.27. The van der Waals surface area contributed by atoms with Gasteiger partial charge in [0.05, 0.1) is 13.2 Å². The molecule has 0 aliphatic heterocycles. The van der Waals surface area contributed by atoms with Crippen LogP contribution in [0.25, 0.3) is 0 Å². The van der Waals surface area contributed by atoms with Gasteiger partial charge >= 0.3 is 6.01 Å². The molecule has 1 heterocycles. The molecule has 78 valence electrons. The molecule has 0 bridgehead atoms. The van der Waals surface area contributed by atoms with Gasteiger partial charge in [-0.25, -0.2) is 0 Å². The monoisotopic (exact) mass is 197 g/mol. The number of aromatic nitrogens is 2. The van der Waals surface area contributed by atoms with E-state index in [4.69, 9.17) is 9.26 Å². The summed E-state index contributed by atoms with van der Waals surface area (Å²) in [6.07, 6.45) is 0. The molecule has 0 unspecified atom stereocenters. The molecule has 5 heteroatoms. The third kappa shape index (κ3) is 4.04. The van der Waals surface area contributed by atoms with E-state index in [0.717, 1.165) is 5.57 Å². The summed E-state index contributed by atoms with van der Waals surface area (Å²) in [6, 6.07) is 0.432. The Hall–Kier alpha value is -1.36. The van der Waals surface area contributed by atoms with Crippen molar-refractivity contribution in [2.75, 3.05) is 25.1 Å². The third-order valence-corrected chi connectivity index (χ3v) is 1.40. The minimum Gasteiger partial charge on any atom is -0.375 e. The number of anilines is 1. The molecule has 0 saturated carbocycles. The zero-order valence-electron chi connectivity index (χ0n) is 8.54. The number of aryl methyl sites for hydroxylation is 1. The molecule has 1 N–H and O–H groups in total. The standard InChI is InChI=1S/C9H15N3O2/c1-7(2)6-13-5-4-10-9-11-8(3)12-14-9/h1,4-6H2,2-3H3,(H,10,11,12). The molecule has 0 aliphatic carbocycles. The van der Waals surface area contributed by atoms with Crippen LogP contribution in [0.15, 0.2) is 16.7 Å². The lowest BCUT2D eigenvalue weighted by Gasteiger charge is -2.02. The van der Waals surface area contributed by atoms with Crippen molar-refractivity contribution < 1.29 is 9.26 Å². The van der Waals surface area contributed by atoms with Gasteiger partial charge in [-0.2, -0.15) is 4.98 Å². The van der Waals surface area contributed by atoms with Gasteiger partial charge in [-0.05, 0) is 13.8 Å². The highest BCUT2D eigenvalue weighted by Crippen LogP contribution is 2.00. The molecule has 5 nitrogen and oxygen atoms in total. The van der Waals surface area contributed by atoms with Crippen LogP contribution in [0.4, 0.5) is 6.01 Å². The van der Waals surface area contributed by atoms with E-state index in [0.29, 0.717) is 31.6 Å². The van der Waals surface area contributed by atoms with Gasteiger partial charge in [0.2, 0.25) is 0 Å². The SMILES string of the molecule is C=C(C)COCCNc1nc(C)no1. The first-order valence-electron chi connectivity index (χ1n) is 4.45. The first kappa shape index (κ1) is 10.7. The van der Waals surface area contributed by atoms with Crippen LogP contribution >= 0.6 is 0 Å². The van der Waals surface area contributed by atoms with E-state index in [-0.39, 0.29) is 0 Å². The van der Waals surface area contributed by atoms with Crippen LogP contribution in [0.1, 0.15) is 12.7 Å². The van der Waals surface area contributed by atoms with Crippen LogP contribution in [0, 0.1) is 6.92 Å². The maximum Gasteiger partial charge on any atom is 0.321 e. The van der Waals surface area contributed by atoms with E-state index in [1.165, 1.54) is 0 Å². The first-order valence-corrected chi connectivity index (χ1v) is 4.45. The van der Waals surface area contributed by atoms with Crippen LogP contribution in [0.2, 0.25) is 0 Å². The van der Waals surface area contributed by atoms with E-state index in [9.17, 15) is 0 Å². The second kappa shape index (κ2) is 5.39. The summed E-state index contributed by atoms with van der Waals surface area (Å²) < 4.78 is 10.1. The van der Waals surface area contributed by atoms with Gasteiger partial charge in [-0.15, -0.1) is 0 Å². The molecule has 0 amide bonds. The molecule has 1 aromatic rings. The van der Waals surface area contributed by atoms with Crippen molar-refractivity contribution in [3.63, 3.8) is 0 Å². The molecule has 0 spiro atoms. The van der Waals surface area contributed by atoms with E-state index < -0.39 is 0 Å². The van der Waals surface area contributed by atoms with Crippen molar-refractivity contribution in [1.29, 1.82) is 0 Å². The minimum absolute atomic E-state index is 0.432. The molecular weight excluding hydrogens is 182 g/mol. The maximum atomic E-state index is 5.27. The highest BCUT2D eigenvalue weighted by Gasteiger charge is 1.99. The Balaban J connectivity index is 2.07. The fourth-order valence-corrected chi connectivity index (χ4v) is 0.845. The topological polar surface area (TPSA) is 60.2 Å². The van der Waals surface area contributed by atoms with E-state index >= 15 is 0 Å². The lowest BCUT2D eigenvalue weighted by molar-refractivity contribution is 0.166. The average molecular weight is 197 g/mol. The summed E-state index contributed by atoms with van der Waals surface area (Å²) in [7, 11) is 0. The number of hydrogen-bond acceptors (Lipinski definition) is 5. The molecular formula is C9H15N3O2. The first-order chi connectivity index (χ1) is 6.68. The number of rotatable bonds is 6. The van der Waals surface area contributed by atoms with Crippen molar-refractivity contribution in [2.24, 2.45) is 0 Å². The largest absolute Gasteiger partial charge is 0.375 e. The number of hydrogen-bond donors (Lipinski definition) is 1. The predicted molar refractivity (Wildman–Crippen MR) is 53.2 cm³/mol. The van der Waals surface area contributed by atoms with Crippen molar-refractivity contribution in [2.45, 2.75) is 13.8 Å². The fraction of sp³-hybridized carbons (Fsp3) is 0.556. The molecule has 0 aliphatic rings. The smallest absolute Gasteiger partial charge is 0.321 e. The lowest BCUT2D eigenvalue weighted by atomic mass is 10.4. The van der Waals surface area contributed by atoms with Crippen molar-refractivity contribution in [1.82, 2.24) is 10.1 Å². The van der Waals surface area contributed by atoms with Gasteiger partial charge in [0, 0.05) is 6.54 Å². The number of ether oxygens (including phenoxy) is 1. The van der Waals surface area contributed by atoms with Crippen LogP contribution in [0.5, 0.6) is 0 Å². The molecule has 0 fully saturated rings. The van der Waals surface area contributed by atoms with Crippen molar-refractivity contribution in [3.05, 3.63) is 18.0 Å². The summed E-state index contributed by atoms with van der Waals surface area (Å²) in [6.45, 7) is 9.25. The molecule has 14 heavy (non-hydrogen) atoms. The summed E-state index contributed by atoms with van der Waals surface area (Å²) in [5.41, 5.74) is 1.01. The predicted octanol–water partition coefficient (Wildman–Crippen LogP) is 1.38. The number of nitrogens with one attached hydrogen (secondary N) is 1. The van der Waals surface area contributed by atoms with Crippen LogP contribution < -0.4 is 5.32 Å². The van der Waals surface area contributed by atoms with Gasteiger partial charge in [-0.3, -0.25) is 0 Å². The highest BCUT2D eigenvalue weighted by molar-refractivity contribution is 5.17. The average Bonchev–Trinajstić information content (AvgIpc) is 2.50. The van der Waals surface area contributed by atoms with Gasteiger partial charge in [0.15, 0.2) is 5.82 Å². The van der Waals surface area contributed by atoms with Crippen LogP contribution in [-0.2, 0) is 4.74 Å². The van der Waals surface area contributed by atoms with E-state index in [1.807, 2.05) is 6.92 Å². The lowest BCUT2D eigenvalue weighted by Crippen LogP contribution is -2.10. The molecule has 0 saturated heterocycles. The molecule has 0 radical (unpaired) electrons. The summed E-state index contributed by atoms with van der Waals surface area (Å²) in [4.78, 5) is 3.98. The van der Waals surface area contributed by atoms with Gasteiger partial charge < -0.3 is 14.6 Å². The molecule has 0 aromatic carbocycles. The zero-order chi connectivity index (χ0) is 10.4. The Labute approximate surface area is 83.1 Å². The Morgan fingerprint density at radius 3 is 3.00 bits per heavy atom. The molecule has 0 atom stereocenters. The van der Waals surface area contributed by atoms with Gasteiger partial charge in [0.25, 0.3) is 0 Å². The third-order valence-electron chi connectivity index (χ3n) is 1.40. The zero-order valence-corrected chi connectivity index (χ0v) is 8.54. The quantitative estimate of drug-likeness (QED) is 0.551. The second-order valence-electron chi connectivity index (χ2n) is 3.08. The summed E-state index contributed by atoms with van der Waals surface area (Å²) >= 11 is 0. The van der Waals surface area contributed by atoms with E-state index in [2.05, 4.69) is 22.0 Å². The Kier molecular flexibility index (Phi) is 4.12. The molecule has 1 rings (SSSR count). The van der Waals surface area contributed by atoms with Gasteiger partial charge in [-0.1, -0.05) is 17.3 Å². The van der Waals surface area contributed by atoms with Gasteiger partial charge in [0.1, 0.15) is 0 Å². The summed E-state index contributed by atoms with van der Waals surface area (Å²) in [5, 5.41) is 6.58. The van der Waals surface area contributed by atoms with Crippen molar-refractivity contribution in [3.8, 4) is 0 Å². The Morgan fingerprint density at radius 1 is 1.64 bits per heavy atom. The summed E-state index contributed by atoms with van der Waals surface area (Å²) in [5.74, 6) is 0.621. The minimum atomic E-state index is 0.432. The van der Waals surface area contributed by atoms with E-state index in [1.54, 1.807) is 6.92 Å².